The molecule has 14 heteroatoms. The molecule has 0 amide bonds. The molecule has 0 aliphatic carbocycles. The van der Waals surface area contributed by atoms with Gasteiger partial charge in [0.1, 0.15) is 18.5 Å². The van der Waals surface area contributed by atoms with Crippen molar-refractivity contribution < 1.29 is 56.0 Å². The lowest BCUT2D eigenvalue weighted by atomic mass is 9.97. The van der Waals surface area contributed by atoms with E-state index in [2.05, 4.69) is 5.87 Å². The molecule has 2 aromatic carbocycles. The van der Waals surface area contributed by atoms with Gasteiger partial charge >= 0.3 is 23.9 Å². The number of carbonyl (C=O) groups is 4. The van der Waals surface area contributed by atoms with Crippen LogP contribution in [-0.2, 0) is 63.3 Å². The molecule has 6 unspecified atom stereocenters. The van der Waals surface area contributed by atoms with Gasteiger partial charge in [-0.05, 0) is 54.1 Å². The lowest BCUT2D eigenvalue weighted by Crippen LogP contribution is -2.60. The van der Waals surface area contributed by atoms with Gasteiger partial charge in [-0.15, -0.1) is 0 Å². The summed E-state index contributed by atoms with van der Waals surface area (Å²) in [5.41, 5.74) is 3.65. The molecule has 1 aromatic heterocycles. The van der Waals surface area contributed by atoms with Gasteiger partial charge in [-0.1, -0.05) is 24.3 Å². The standard InChI is InChI=1S/C35H43NO12S/c1-21-10-8-11-29-31(21)27(18-26-12-14-28(15-13-26)42-16-9-17-44-49(6,7)41)19-36(29)35-34(47-25(5)40)33(46-24(4)39)32(45-23(3)38)30(48-35)20-43-22(2)37/h8,10-15,19,30,32-35H,6,9,16-18,20H2,1-5,7H3. The molecule has 266 valence electrons. The zero-order chi connectivity index (χ0) is 35.9. The van der Waals surface area contributed by atoms with Crippen LogP contribution in [0.3, 0.4) is 0 Å². The predicted molar refractivity (Wildman–Crippen MR) is 180 cm³/mol. The Morgan fingerprint density at radius 2 is 1.49 bits per heavy atom. The van der Waals surface area contributed by atoms with Crippen molar-refractivity contribution in [2.45, 2.75) is 78.1 Å². The Morgan fingerprint density at radius 1 is 0.857 bits per heavy atom. The predicted octanol–water partition coefficient (Wildman–Crippen LogP) is 3.84. The number of aryl methyl sites for hydroxylation is 1. The summed E-state index contributed by atoms with van der Waals surface area (Å²) in [6.07, 6.45) is -1.56. The molecule has 0 spiro atoms. The number of hydrogen-bond donors (Lipinski definition) is 0. The minimum Gasteiger partial charge on any atom is -0.494 e. The van der Waals surface area contributed by atoms with Crippen molar-refractivity contribution in [1.82, 2.24) is 4.57 Å². The van der Waals surface area contributed by atoms with E-state index in [4.69, 9.17) is 32.6 Å². The smallest absolute Gasteiger partial charge is 0.303 e. The summed E-state index contributed by atoms with van der Waals surface area (Å²) >= 11 is 0. The van der Waals surface area contributed by atoms with Gasteiger partial charge in [0, 0.05) is 52.0 Å². The highest BCUT2D eigenvalue weighted by molar-refractivity contribution is 7.95. The zero-order valence-electron chi connectivity index (χ0n) is 28.5. The maximum absolute atomic E-state index is 12.4. The molecule has 6 atom stereocenters. The van der Waals surface area contributed by atoms with Gasteiger partial charge in [-0.25, -0.2) is 4.21 Å². The highest BCUT2D eigenvalue weighted by atomic mass is 32.2. The molecular weight excluding hydrogens is 658 g/mol. The van der Waals surface area contributed by atoms with Crippen molar-refractivity contribution >= 4 is 50.5 Å². The summed E-state index contributed by atoms with van der Waals surface area (Å²) < 4.78 is 53.0. The van der Waals surface area contributed by atoms with Crippen molar-refractivity contribution in [3.8, 4) is 5.75 Å². The van der Waals surface area contributed by atoms with Crippen LogP contribution < -0.4 is 4.74 Å². The number of carbonyl (C=O) groups excluding carboxylic acids is 4. The van der Waals surface area contributed by atoms with Crippen molar-refractivity contribution in [2.24, 2.45) is 0 Å². The summed E-state index contributed by atoms with van der Waals surface area (Å²) in [4.78, 5) is 48.7. The number of benzene rings is 2. The van der Waals surface area contributed by atoms with Gasteiger partial charge in [0.2, 0.25) is 0 Å². The van der Waals surface area contributed by atoms with E-state index in [-0.39, 0.29) is 13.2 Å². The Hall–Kier alpha value is -4.40. The number of aromatic nitrogens is 1. The topological polar surface area (TPSA) is 155 Å². The number of ether oxygens (including phenoxy) is 6. The molecule has 0 saturated carbocycles. The fourth-order valence-corrected chi connectivity index (χ4v) is 6.24. The van der Waals surface area contributed by atoms with Crippen LogP contribution in [0.25, 0.3) is 10.9 Å². The SMILES string of the molecule is C=S(C)(=O)OCCCOc1ccc(Cc2cn(C3OC(COC(C)=O)C(OC(C)=O)C(OC(C)=O)C3OC(C)=O)c3cccc(C)c23)cc1. The van der Waals surface area contributed by atoms with E-state index in [0.29, 0.717) is 25.2 Å². The van der Waals surface area contributed by atoms with E-state index in [1.54, 1.807) is 4.57 Å². The molecule has 1 aliphatic heterocycles. The van der Waals surface area contributed by atoms with Crippen LogP contribution in [0.2, 0.25) is 0 Å². The first-order valence-electron chi connectivity index (χ1n) is 15.7. The van der Waals surface area contributed by atoms with Crippen molar-refractivity contribution in [3.05, 3.63) is 65.4 Å². The number of nitrogens with zero attached hydrogens (tertiary/aromatic N) is 1. The van der Waals surface area contributed by atoms with Crippen LogP contribution in [0.1, 0.15) is 57.0 Å². The van der Waals surface area contributed by atoms with E-state index in [0.717, 1.165) is 27.6 Å². The van der Waals surface area contributed by atoms with E-state index in [1.165, 1.54) is 34.0 Å². The molecular formula is C35H43NO12S. The number of esters is 4. The number of fused-ring (bicyclic) bond motifs is 1. The Labute approximate surface area is 285 Å². The maximum atomic E-state index is 12.4. The van der Waals surface area contributed by atoms with Crippen molar-refractivity contribution in [2.75, 3.05) is 26.1 Å². The van der Waals surface area contributed by atoms with Gasteiger partial charge in [0.05, 0.1) is 28.5 Å². The lowest BCUT2D eigenvalue weighted by molar-refractivity contribution is -0.267. The molecule has 4 rings (SSSR count). The molecule has 0 bridgehead atoms. The Kier molecular flexibility index (Phi) is 12.5. The normalized spacial score (nSPS) is 21.7. The average Bonchev–Trinajstić information content (AvgIpc) is 3.36. The average molecular weight is 702 g/mol. The summed E-state index contributed by atoms with van der Waals surface area (Å²) in [5.74, 6) is 1.47. The molecule has 1 aliphatic rings. The first kappa shape index (κ1) is 37.4. The second-order valence-electron chi connectivity index (χ2n) is 11.9. The van der Waals surface area contributed by atoms with Crippen LogP contribution in [0.15, 0.2) is 48.7 Å². The maximum Gasteiger partial charge on any atom is 0.303 e. The Bertz CT molecular complexity index is 1760. The minimum atomic E-state index is -2.50. The monoisotopic (exact) mass is 701 g/mol. The second-order valence-corrected chi connectivity index (χ2v) is 14.0. The molecule has 1 saturated heterocycles. The summed E-state index contributed by atoms with van der Waals surface area (Å²) in [5, 5.41) is 0.939. The first-order chi connectivity index (χ1) is 23.1. The molecule has 13 nitrogen and oxygen atoms in total. The fourth-order valence-electron chi connectivity index (χ4n) is 5.77. The third-order valence-corrected chi connectivity index (χ3v) is 8.26. The van der Waals surface area contributed by atoms with Crippen LogP contribution in [0, 0.1) is 6.92 Å². The summed E-state index contributed by atoms with van der Waals surface area (Å²) in [6, 6.07) is 13.4. The van der Waals surface area contributed by atoms with Crippen molar-refractivity contribution in [1.29, 1.82) is 0 Å². The van der Waals surface area contributed by atoms with E-state index in [9.17, 15) is 23.4 Å². The zero-order valence-corrected chi connectivity index (χ0v) is 29.3. The van der Waals surface area contributed by atoms with Gasteiger partial charge in [-0.2, -0.15) is 0 Å². The van der Waals surface area contributed by atoms with Crippen LogP contribution in [0.5, 0.6) is 5.75 Å². The molecule has 0 N–H and O–H groups in total. The van der Waals surface area contributed by atoms with Crippen LogP contribution in [-0.4, -0.2) is 89.0 Å². The van der Waals surface area contributed by atoms with Gasteiger partial charge < -0.3 is 33.0 Å². The number of hydrogen-bond acceptors (Lipinski definition) is 12. The first-order valence-corrected chi connectivity index (χ1v) is 17.8. The van der Waals surface area contributed by atoms with Gasteiger partial charge in [-0.3, -0.25) is 23.4 Å². The number of rotatable bonds is 14. The van der Waals surface area contributed by atoms with E-state index in [1.807, 2.05) is 55.6 Å². The third-order valence-electron chi connectivity index (χ3n) is 7.59. The quantitative estimate of drug-likeness (QED) is 0.104. The molecule has 49 heavy (non-hydrogen) atoms. The highest BCUT2D eigenvalue weighted by Gasteiger charge is 2.53. The Balaban J connectivity index is 1.69. The van der Waals surface area contributed by atoms with E-state index < -0.39 is 64.3 Å². The highest BCUT2D eigenvalue weighted by Crippen LogP contribution is 2.39. The van der Waals surface area contributed by atoms with Gasteiger partial charge in [0.25, 0.3) is 0 Å². The fraction of sp³-hybridized carbons (Fsp3) is 0.457. The van der Waals surface area contributed by atoms with Crippen molar-refractivity contribution in [3.63, 3.8) is 0 Å². The molecule has 0 radical (unpaired) electrons. The largest absolute Gasteiger partial charge is 0.494 e. The summed E-state index contributed by atoms with van der Waals surface area (Å²) in [7, 11) is -2.50. The third kappa shape index (κ3) is 10.3. The molecule has 3 aromatic rings. The lowest BCUT2D eigenvalue weighted by Gasteiger charge is -2.44. The molecule has 1 fully saturated rings. The van der Waals surface area contributed by atoms with Crippen LogP contribution in [0.4, 0.5) is 0 Å². The van der Waals surface area contributed by atoms with Crippen LogP contribution >= 0.6 is 0 Å². The second kappa shape index (κ2) is 16.3. The Morgan fingerprint density at radius 3 is 2.10 bits per heavy atom. The van der Waals surface area contributed by atoms with Gasteiger partial charge in [0.15, 0.2) is 24.5 Å². The summed E-state index contributed by atoms with van der Waals surface area (Å²) in [6.45, 7) is 7.13. The van der Waals surface area contributed by atoms with E-state index >= 15 is 0 Å². The molecule has 2 heterocycles. The minimum absolute atomic E-state index is 0.278.